The Hall–Kier alpha value is -1.22. The zero-order valence-electron chi connectivity index (χ0n) is 10.8. The molecule has 2 rings (SSSR count). The Balaban J connectivity index is 2.00. The Morgan fingerprint density at radius 3 is 3.12 bits per heavy atom. The number of fused-ring (bicyclic) bond motifs is 1. The normalized spacial score (nSPS) is 14.0. The standard InChI is InChI=1S/C14H22N2O/c1-3-17-10-9-16(2)13-6-7-14-12(11-13)5-4-8-15-14/h6-7,11,15H,3-5,8-10H2,1-2H3. The van der Waals surface area contributed by atoms with E-state index in [2.05, 4.69) is 35.5 Å². The summed E-state index contributed by atoms with van der Waals surface area (Å²) in [7, 11) is 2.12. The van der Waals surface area contributed by atoms with Crippen LogP contribution in [0.4, 0.5) is 11.4 Å². The molecule has 0 amide bonds. The van der Waals surface area contributed by atoms with Crippen LogP contribution in [-0.4, -0.2) is 33.4 Å². The molecule has 1 heterocycles. The molecule has 0 aromatic heterocycles. The fourth-order valence-electron chi connectivity index (χ4n) is 2.17. The van der Waals surface area contributed by atoms with Crippen LogP contribution in [-0.2, 0) is 11.2 Å². The summed E-state index contributed by atoms with van der Waals surface area (Å²) < 4.78 is 5.38. The Kier molecular flexibility index (Phi) is 4.26. The summed E-state index contributed by atoms with van der Waals surface area (Å²) in [5, 5.41) is 3.44. The molecule has 17 heavy (non-hydrogen) atoms. The molecule has 1 N–H and O–H groups in total. The third-order valence-corrected chi connectivity index (χ3v) is 3.24. The molecule has 94 valence electrons. The van der Waals surface area contributed by atoms with E-state index in [4.69, 9.17) is 4.74 Å². The molecule has 1 aromatic carbocycles. The van der Waals surface area contributed by atoms with E-state index in [9.17, 15) is 0 Å². The molecule has 0 atom stereocenters. The molecule has 0 spiro atoms. The number of likely N-dealkylation sites (N-methyl/N-ethyl adjacent to an activating group) is 1. The first kappa shape index (κ1) is 12.2. The van der Waals surface area contributed by atoms with Gasteiger partial charge >= 0.3 is 0 Å². The van der Waals surface area contributed by atoms with Gasteiger partial charge in [0.15, 0.2) is 0 Å². The number of rotatable bonds is 5. The van der Waals surface area contributed by atoms with E-state index in [0.29, 0.717) is 0 Å². The molecule has 1 aromatic rings. The summed E-state index contributed by atoms with van der Waals surface area (Å²) in [5.74, 6) is 0. The van der Waals surface area contributed by atoms with Gasteiger partial charge in [0.2, 0.25) is 0 Å². The van der Waals surface area contributed by atoms with Crippen LogP contribution in [0.3, 0.4) is 0 Å². The smallest absolute Gasteiger partial charge is 0.0641 e. The van der Waals surface area contributed by atoms with Crippen molar-refractivity contribution in [1.82, 2.24) is 0 Å². The van der Waals surface area contributed by atoms with E-state index >= 15 is 0 Å². The molecule has 0 fully saturated rings. The summed E-state index contributed by atoms with van der Waals surface area (Å²) in [6.45, 7) is 5.67. The Morgan fingerprint density at radius 1 is 1.41 bits per heavy atom. The molecule has 0 unspecified atom stereocenters. The minimum Gasteiger partial charge on any atom is -0.385 e. The number of nitrogens with one attached hydrogen (secondary N) is 1. The molecule has 3 nitrogen and oxygen atoms in total. The highest BCUT2D eigenvalue weighted by Gasteiger charge is 2.10. The minimum absolute atomic E-state index is 0.794. The lowest BCUT2D eigenvalue weighted by atomic mass is 10.0. The van der Waals surface area contributed by atoms with E-state index < -0.39 is 0 Å². The lowest BCUT2D eigenvalue weighted by Crippen LogP contribution is -2.23. The summed E-state index contributed by atoms with van der Waals surface area (Å²) in [5.41, 5.74) is 4.03. The van der Waals surface area contributed by atoms with Crippen molar-refractivity contribution < 1.29 is 4.74 Å². The minimum atomic E-state index is 0.794. The van der Waals surface area contributed by atoms with Gasteiger partial charge in [-0.15, -0.1) is 0 Å². The van der Waals surface area contributed by atoms with Gasteiger partial charge in [0, 0.05) is 38.1 Å². The maximum atomic E-state index is 5.38. The highest BCUT2D eigenvalue weighted by atomic mass is 16.5. The second kappa shape index (κ2) is 5.92. The molecular formula is C14H22N2O. The molecule has 0 bridgehead atoms. The van der Waals surface area contributed by atoms with Crippen molar-refractivity contribution in [2.45, 2.75) is 19.8 Å². The molecule has 0 aliphatic carbocycles. The van der Waals surface area contributed by atoms with Crippen LogP contribution in [0.1, 0.15) is 18.9 Å². The molecule has 0 saturated heterocycles. The van der Waals surface area contributed by atoms with Crippen molar-refractivity contribution in [3.63, 3.8) is 0 Å². The molecule has 3 heteroatoms. The number of hydrogen-bond acceptors (Lipinski definition) is 3. The van der Waals surface area contributed by atoms with Crippen LogP contribution >= 0.6 is 0 Å². The first-order chi connectivity index (χ1) is 8.31. The zero-order chi connectivity index (χ0) is 12.1. The molecule has 0 saturated carbocycles. The largest absolute Gasteiger partial charge is 0.385 e. The average Bonchev–Trinajstić information content (AvgIpc) is 2.38. The highest BCUT2D eigenvalue weighted by molar-refractivity contribution is 5.61. The van der Waals surface area contributed by atoms with Crippen molar-refractivity contribution in [1.29, 1.82) is 0 Å². The topological polar surface area (TPSA) is 24.5 Å². The fourth-order valence-corrected chi connectivity index (χ4v) is 2.17. The predicted molar refractivity (Wildman–Crippen MR) is 73.0 cm³/mol. The van der Waals surface area contributed by atoms with Crippen molar-refractivity contribution in [2.24, 2.45) is 0 Å². The summed E-state index contributed by atoms with van der Waals surface area (Å²) in [6, 6.07) is 6.68. The monoisotopic (exact) mass is 234 g/mol. The van der Waals surface area contributed by atoms with Gasteiger partial charge in [-0.05, 0) is 43.5 Å². The van der Waals surface area contributed by atoms with Crippen molar-refractivity contribution in [2.75, 3.05) is 43.6 Å². The Bertz CT molecular complexity index is 365. The van der Waals surface area contributed by atoms with Gasteiger partial charge in [0.25, 0.3) is 0 Å². The van der Waals surface area contributed by atoms with Crippen molar-refractivity contribution >= 4 is 11.4 Å². The fraction of sp³-hybridized carbons (Fsp3) is 0.571. The van der Waals surface area contributed by atoms with Crippen LogP contribution < -0.4 is 10.2 Å². The second-order valence-corrected chi connectivity index (χ2v) is 4.49. The van der Waals surface area contributed by atoms with Gasteiger partial charge in [0.05, 0.1) is 6.61 Å². The third kappa shape index (κ3) is 3.13. The van der Waals surface area contributed by atoms with Gasteiger partial charge < -0.3 is 15.0 Å². The van der Waals surface area contributed by atoms with E-state index in [1.54, 1.807) is 0 Å². The van der Waals surface area contributed by atoms with Gasteiger partial charge in [-0.25, -0.2) is 0 Å². The number of hydrogen-bond donors (Lipinski definition) is 1. The number of aryl methyl sites for hydroxylation is 1. The molecule has 0 radical (unpaired) electrons. The highest BCUT2D eigenvalue weighted by Crippen LogP contribution is 2.26. The van der Waals surface area contributed by atoms with Gasteiger partial charge in [-0.2, -0.15) is 0 Å². The lowest BCUT2D eigenvalue weighted by molar-refractivity contribution is 0.154. The van der Waals surface area contributed by atoms with E-state index in [0.717, 1.165) is 26.3 Å². The lowest BCUT2D eigenvalue weighted by Gasteiger charge is -2.23. The quantitative estimate of drug-likeness (QED) is 0.792. The summed E-state index contributed by atoms with van der Waals surface area (Å²) in [4.78, 5) is 2.25. The molecular weight excluding hydrogens is 212 g/mol. The van der Waals surface area contributed by atoms with Crippen molar-refractivity contribution in [3.8, 4) is 0 Å². The van der Waals surface area contributed by atoms with E-state index in [1.807, 2.05) is 6.92 Å². The predicted octanol–water partition coefficient (Wildman–Crippen LogP) is 2.52. The van der Waals surface area contributed by atoms with Crippen LogP contribution in [0, 0.1) is 0 Å². The van der Waals surface area contributed by atoms with Crippen LogP contribution in [0.15, 0.2) is 18.2 Å². The molecule has 1 aliphatic heterocycles. The summed E-state index contributed by atoms with van der Waals surface area (Å²) >= 11 is 0. The third-order valence-electron chi connectivity index (χ3n) is 3.24. The number of nitrogens with zero attached hydrogens (tertiary/aromatic N) is 1. The Labute approximate surface area is 104 Å². The van der Waals surface area contributed by atoms with Crippen LogP contribution in [0.25, 0.3) is 0 Å². The van der Waals surface area contributed by atoms with Crippen LogP contribution in [0.5, 0.6) is 0 Å². The number of benzene rings is 1. The first-order valence-electron chi connectivity index (χ1n) is 6.47. The number of anilines is 2. The van der Waals surface area contributed by atoms with E-state index in [1.165, 1.54) is 29.8 Å². The summed E-state index contributed by atoms with van der Waals surface area (Å²) in [6.07, 6.45) is 2.43. The van der Waals surface area contributed by atoms with Crippen molar-refractivity contribution in [3.05, 3.63) is 23.8 Å². The zero-order valence-corrected chi connectivity index (χ0v) is 10.8. The average molecular weight is 234 g/mol. The second-order valence-electron chi connectivity index (χ2n) is 4.49. The molecule has 1 aliphatic rings. The SMILES string of the molecule is CCOCCN(C)c1ccc2c(c1)CCCN2. The van der Waals surface area contributed by atoms with Gasteiger partial charge in [-0.3, -0.25) is 0 Å². The van der Waals surface area contributed by atoms with E-state index in [-0.39, 0.29) is 0 Å². The van der Waals surface area contributed by atoms with Gasteiger partial charge in [0.1, 0.15) is 0 Å². The maximum absolute atomic E-state index is 5.38. The van der Waals surface area contributed by atoms with Gasteiger partial charge in [-0.1, -0.05) is 0 Å². The number of ether oxygens (including phenoxy) is 1. The first-order valence-corrected chi connectivity index (χ1v) is 6.47. The Morgan fingerprint density at radius 2 is 2.29 bits per heavy atom. The maximum Gasteiger partial charge on any atom is 0.0641 e. The van der Waals surface area contributed by atoms with Crippen LogP contribution in [0.2, 0.25) is 0 Å².